The number of piperidine rings is 1. The second kappa shape index (κ2) is 11.6. The van der Waals surface area contributed by atoms with Crippen molar-refractivity contribution in [3.8, 4) is 0 Å². The number of carbonyl (C=O) groups excluding carboxylic acids is 2. The number of halogens is 3. The third-order valence-electron chi connectivity index (χ3n) is 8.08. The molecule has 2 aliphatic rings. The Hall–Kier alpha value is -3.60. The monoisotopic (exact) mass is 585 g/mol. The van der Waals surface area contributed by atoms with Gasteiger partial charge in [0, 0.05) is 69.9 Å². The minimum absolute atomic E-state index is 0.0462. The van der Waals surface area contributed by atoms with Gasteiger partial charge in [0.05, 0.1) is 17.3 Å². The molecule has 0 spiro atoms. The molecule has 1 aromatic carbocycles. The van der Waals surface area contributed by atoms with E-state index >= 15 is 0 Å². The summed E-state index contributed by atoms with van der Waals surface area (Å²) in [7, 11) is 1.87. The van der Waals surface area contributed by atoms with Crippen LogP contribution in [0.15, 0.2) is 42.6 Å². The summed E-state index contributed by atoms with van der Waals surface area (Å²) < 4.78 is 45.9. The van der Waals surface area contributed by atoms with Crippen LogP contribution in [0.2, 0.25) is 0 Å². The molecule has 8 nitrogen and oxygen atoms in total. The van der Waals surface area contributed by atoms with Crippen molar-refractivity contribution in [2.45, 2.75) is 57.9 Å². The van der Waals surface area contributed by atoms with Gasteiger partial charge < -0.3 is 19.1 Å². The molecule has 2 saturated heterocycles. The predicted molar refractivity (Wildman–Crippen MR) is 153 cm³/mol. The van der Waals surface area contributed by atoms with E-state index in [0.717, 1.165) is 47.1 Å². The highest BCUT2D eigenvalue weighted by atomic mass is 19.4. The second-order valence-electron chi connectivity index (χ2n) is 12.3. The van der Waals surface area contributed by atoms with Crippen molar-refractivity contribution in [1.82, 2.24) is 24.3 Å². The van der Waals surface area contributed by atoms with E-state index in [1.165, 1.54) is 12.1 Å². The van der Waals surface area contributed by atoms with Gasteiger partial charge in [0.2, 0.25) is 0 Å². The molecule has 0 unspecified atom stereocenters. The Labute approximate surface area is 244 Å². The van der Waals surface area contributed by atoms with E-state index in [1.54, 1.807) is 4.90 Å². The zero-order valence-electron chi connectivity index (χ0n) is 24.6. The highest BCUT2D eigenvalue weighted by Gasteiger charge is 2.31. The van der Waals surface area contributed by atoms with Crippen LogP contribution < -0.4 is 0 Å². The first kappa shape index (κ1) is 29.9. The fourth-order valence-electron chi connectivity index (χ4n) is 5.69. The molecule has 2 fully saturated rings. The van der Waals surface area contributed by atoms with E-state index in [-0.39, 0.29) is 17.9 Å². The number of benzene rings is 1. The number of likely N-dealkylation sites (tertiary alicyclic amines) is 1. The zero-order chi connectivity index (χ0) is 30.2. The van der Waals surface area contributed by atoms with Crippen molar-refractivity contribution < 1.29 is 27.5 Å². The molecule has 3 aromatic rings. The largest absolute Gasteiger partial charge is 0.444 e. The summed E-state index contributed by atoms with van der Waals surface area (Å²) in [5.74, 6) is 0.181. The van der Waals surface area contributed by atoms with Crippen molar-refractivity contribution in [3.63, 3.8) is 0 Å². The number of hydrogen-bond donors (Lipinski definition) is 0. The number of ether oxygens (including phenoxy) is 1. The predicted octanol–water partition coefficient (Wildman–Crippen LogP) is 5.66. The van der Waals surface area contributed by atoms with Crippen LogP contribution in [0.1, 0.15) is 66.8 Å². The van der Waals surface area contributed by atoms with Gasteiger partial charge in [0.25, 0.3) is 5.91 Å². The van der Waals surface area contributed by atoms with Crippen molar-refractivity contribution in [1.29, 1.82) is 0 Å². The lowest BCUT2D eigenvalue weighted by Crippen LogP contribution is -2.48. The van der Waals surface area contributed by atoms with Crippen LogP contribution in [0, 0.1) is 0 Å². The summed E-state index contributed by atoms with van der Waals surface area (Å²) in [5.41, 5.74) is 2.09. The molecule has 0 saturated carbocycles. The molecule has 42 heavy (non-hydrogen) atoms. The number of alkyl halides is 3. The van der Waals surface area contributed by atoms with Crippen LogP contribution in [0.5, 0.6) is 0 Å². The summed E-state index contributed by atoms with van der Waals surface area (Å²) in [6.45, 7) is 9.73. The maximum Gasteiger partial charge on any atom is 0.416 e. The maximum atomic E-state index is 13.5. The summed E-state index contributed by atoms with van der Waals surface area (Å²) in [6, 6.07) is 9.24. The van der Waals surface area contributed by atoms with Crippen LogP contribution in [0.3, 0.4) is 0 Å². The smallest absolute Gasteiger partial charge is 0.416 e. The van der Waals surface area contributed by atoms with Gasteiger partial charge in [0.15, 0.2) is 0 Å². The molecule has 0 bridgehead atoms. The molecule has 2 aliphatic heterocycles. The third-order valence-corrected chi connectivity index (χ3v) is 8.08. The molecule has 0 N–H and O–H groups in total. The van der Waals surface area contributed by atoms with Crippen molar-refractivity contribution in [2.24, 2.45) is 7.05 Å². The Balaban J connectivity index is 1.18. The summed E-state index contributed by atoms with van der Waals surface area (Å²) in [6.07, 6.45) is -1.20. The highest BCUT2D eigenvalue weighted by molar-refractivity contribution is 5.98. The van der Waals surface area contributed by atoms with Gasteiger partial charge >= 0.3 is 12.3 Å². The van der Waals surface area contributed by atoms with Crippen LogP contribution in [0.4, 0.5) is 18.0 Å². The molecular weight excluding hydrogens is 547 g/mol. The van der Waals surface area contributed by atoms with Crippen LogP contribution in [-0.2, 0) is 24.5 Å². The molecular formula is C31H38F3N5O3. The maximum absolute atomic E-state index is 13.5. The molecule has 2 aromatic heterocycles. The third kappa shape index (κ3) is 6.72. The Morgan fingerprint density at radius 2 is 1.57 bits per heavy atom. The molecule has 5 rings (SSSR count). The van der Waals surface area contributed by atoms with Crippen molar-refractivity contribution >= 4 is 22.9 Å². The number of amides is 2. The number of carbonyl (C=O) groups is 2. The summed E-state index contributed by atoms with van der Waals surface area (Å²) in [5, 5.41) is 0.960. The SMILES string of the molecule is Cn1c(C(=O)N2CCN(Cc3ccc(C(F)(F)F)cc3)CC2)cc2cc(C3CCN(C(=O)OC(C)(C)C)CC3)ncc21. The number of hydrogen-bond acceptors (Lipinski definition) is 5. The lowest BCUT2D eigenvalue weighted by Gasteiger charge is -2.34. The topological polar surface area (TPSA) is 70.9 Å². The van der Waals surface area contributed by atoms with Crippen LogP contribution in [0.25, 0.3) is 10.9 Å². The summed E-state index contributed by atoms with van der Waals surface area (Å²) >= 11 is 0. The van der Waals surface area contributed by atoms with E-state index in [0.29, 0.717) is 51.5 Å². The molecule has 0 radical (unpaired) electrons. The molecule has 0 aliphatic carbocycles. The van der Waals surface area contributed by atoms with Gasteiger partial charge in [-0.3, -0.25) is 14.7 Å². The Kier molecular flexibility index (Phi) is 8.24. The van der Waals surface area contributed by atoms with Gasteiger partial charge in [-0.15, -0.1) is 0 Å². The Morgan fingerprint density at radius 3 is 2.17 bits per heavy atom. The van der Waals surface area contributed by atoms with E-state index in [9.17, 15) is 22.8 Å². The normalized spacial score (nSPS) is 17.6. The van der Waals surface area contributed by atoms with Crippen LogP contribution in [-0.4, -0.2) is 81.1 Å². The van der Waals surface area contributed by atoms with E-state index in [1.807, 2.05) is 49.5 Å². The molecule has 226 valence electrons. The molecule has 4 heterocycles. The van der Waals surface area contributed by atoms with Crippen molar-refractivity contribution in [3.05, 3.63) is 65.1 Å². The Morgan fingerprint density at radius 1 is 0.929 bits per heavy atom. The number of aromatic nitrogens is 2. The minimum Gasteiger partial charge on any atom is -0.444 e. The fraction of sp³-hybridized carbons (Fsp3) is 0.516. The average Bonchev–Trinajstić information content (AvgIpc) is 3.27. The van der Waals surface area contributed by atoms with Gasteiger partial charge in [-0.2, -0.15) is 13.2 Å². The van der Waals surface area contributed by atoms with Gasteiger partial charge in [-0.05, 0) is 63.4 Å². The standard InChI is InChI=1S/C31H38F3N5O3/c1-30(2,3)42-29(41)39-11-9-22(10-12-39)25-17-23-18-26(36(4)27(23)19-35-25)28(40)38-15-13-37(14-16-38)20-21-5-7-24(8-6-21)31(32,33)34/h5-8,17-19,22H,9-16,20H2,1-4H3. The first-order valence-corrected chi connectivity index (χ1v) is 14.4. The Bertz CT molecular complexity index is 1430. The number of nitrogens with zero attached hydrogens (tertiary/aromatic N) is 5. The van der Waals surface area contributed by atoms with Crippen LogP contribution >= 0.6 is 0 Å². The minimum atomic E-state index is -4.34. The lowest BCUT2D eigenvalue weighted by atomic mass is 9.93. The average molecular weight is 586 g/mol. The van der Waals surface area contributed by atoms with Crippen molar-refractivity contribution in [2.75, 3.05) is 39.3 Å². The highest BCUT2D eigenvalue weighted by Crippen LogP contribution is 2.31. The first-order valence-electron chi connectivity index (χ1n) is 14.4. The van der Waals surface area contributed by atoms with Gasteiger partial charge in [0.1, 0.15) is 11.3 Å². The zero-order valence-corrected chi connectivity index (χ0v) is 24.6. The number of fused-ring (bicyclic) bond motifs is 1. The second-order valence-corrected chi connectivity index (χ2v) is 12.3. The van der Waals surface area contributed by atoms with Gasteiger partial charge in [-0.1, -0.05) is 12.1 Å². The molecule has 2 amide bonds. The fourth-order valence-corrected chi connectivity index (χ4v) is 5.69. The lowest BCUT2D eigenvalue weighted by molar-refractivity contribution is -0.137. The van der Waals surface area contributed by atoms with E-state index in [2.05, 4.69) is 11.0 Å². The van der Waals surface area contributed by atoms with E-state index < -0.39 is 17.3 Å². The number of pyridine rings is 1. The number of aryl methyl sites for hydroxylation is 1. The first-order chi connectivity index (χ1) is 19.8. The van der Waals surface area contributed by atoms with E-state index in [4.69, 9.17) is 9.72 Å². The number of rotatable bonds is 4. The molecule has 11 heteroatoms. The molecule has 0 atom stereocenters. The quantitative estimate of drug-likeness (QED) is 0.395. The number of piperazine rings is 1. The summed E-state index contributed by atoms with van der Waals surface area (Å²) in [4.78, 5) is 36.4. The van der Waals surface area contributed by atoms with Gasteiger partial charge in [-0.25, -0.2) is 4.79 Å².